The molecule has 0 bridgehead atoms. The molecule has 1 rings (SSSR count). The molecule has 0 spiro atoms. The van der Waals surface area contributed by atoms with Crippen LogP contribution >= 0.6 is 0 Å². The van der Waals surface area contributed by atoms with Crippen molar-refractivity contribution in [3.8, 4) is 6.07 Å². The van der Waals surface area contributed by atoms with Gasteiger partial charge in [0.05, 0.1) is 17.9 Å². The fraction of sp³-hybridized carbons (Fsp3) is 0.538. The van der Waals surface area contributed by atoms with Gasteiger partial charge in [0.2, 0.25) is 0 Å². The lowest BCUT2D eigenvalue weighted by molar-refractivity contribution is 0.308. The van der Waals surface area contributed by atoms with E-state index in [1.807, 2.05) is 6.07 Å². The average molecular weight is 248 g/mol. The fourth-order valence-corrected chi connectivity index (χ4v) is 2.10. The van der Waals surface area contributed by atoms with Gasteiger partial charge >= 0.3 is 0 Å². The first-order chi connectivity index (χ1) is 7.86. The predicted octanol–water partition coefficient (Wildman–Crippen LogP) is 2.75. The maximum atomic E-state index is 9.29. The van der Waals surface area contributed by atoms with E-state index < -0.39 is 9.04 Å². The highest BCUT2D eigenvalue weighted by molar-refractivity contribution is 6.48. The van der Waals surface area contributed by atoms with Crippen LogP contribution in [0.15, 0.2) is 12.3 Å². The van der Waals surface area contributed by atoms with E-state index in [4.69, 9.17) is 4.43 Å². The van der Waals surface area contributed by atoms with Crippen LogP contribution in [0.25, 0.3) is 0 Å². The minimum absolute atomic E-state index is 0.0436. The van der Waals surface area contributed by atoms with Crippen LogP contribution in [0.4, 0.5) is 0 Å². The number of pyridine rings is 1. The SMILES string of the molecule is C[SiH](C)OCc1nccc(C(C)(C)C)c1C#N. The molecule has 0 amide bonds. The zero-order valence-electron chi connectivity index (χ0n) is 11.2. The van der Waals surface area contributed by atoms with Gasteiger partial charge in [0.15, 0.2) is 9.04 Å². The second-order valence-electron chi connectivity index (χ2n) is 5.40. The number of nitriles is 1. The van der Waals surface area contributed by atoms with E-state index in [1.54, 1.807) is 6.20 Å². The molecule has 0 aliphatic carbocycles. The summed E-state index contributed by atoms with van der Waals surface area (Å²) < 4.78 is 5.66. The summed E-state index contributed by atoms with van der Waals surface area (Å²) in [4.78, 5) is 4.27. The van der Waals surface area contributed by atoms with Gasteiger partial charge in [-0.3, -0.25) is 4.98 Å². The molecule has 0 saturated heterocycles. The summed E-state index contributed by atoms with van der Waals surface area (Å²) in [6.45, 7) is 11.0. The van der Waals surface area contributed by atoms with Gasteiger partial charge in [-0.2, -0.15) is 5.26 Å². The van der Waals surface area contributed by atoms with Crippen molar-refractivity contribution < 1.29 is 4.43 Å². The lowest BCUT2D eigenvalue weighted by Crippen LogP contribution is -2.16. The van der Waals surface area contributed by atoms with Crippen molar-refractivity contribution in [2.24, 2.45) is 0 Å². The average Bonchev–Trinajstić information content (AvgIpc) is 2.24. The number of aromatic nitrogens is 1. The highest BCUT2D eigenvalue weighted by atomic mass is 28.3. The fourth-order valence-electron chi connectivity index (χ4n) is 1.61. The summed E-state index contributed by atoms with van der Waals surface area (Å²) in [6.07, 6.45) is 1.77. The van der Waals surface area contributed by atoms with Gasteiger partial charge in [-0.15, -0.1) is 0 Å². The molecule has 0 radical (unpaired) electrons. The van der Waals surface area contributed by atoms with E-state index >= 15 is 0 Å². The van der Waals surface area contributed by atoms with Gasteiger partial charge in [0.1, 0.15) is 6.07 Å². The summed E-state index contributed by atoms with van der Waals surface area (Å²) in [5.41, 5.74) is 2.44. The monoisotopic (exact) mass is 248 g/mol. The first kappa shape index (κ1) is 13.9. The van der Waals surface area contributed by atoms with E-state index in [9.17, 15) is 5.26 Å². The molecule has 0 aliphatic heterocycles. The molecule has 0 fully saturated rings. The van der Waals surface area contributed by atoms with Crippen LogP contribution in [0, 0.1) is 11.3 Å². The van der Waals surface area contributed by atoms with Crippen LogP contribution in [-0.2, 0) is 16.4 Å². The van der Waals surface area contributed by atoms with Crippen LogP contribution < -0.4 is 0 Å². The van der Waals surface area contributed by atoms with Crippen molar-refractivity contribution in [3.63, 3.8) is 0 Å². The van der Waals surface area contributed by atoms with Gasteiger partial charge < -0.3 is 4.43 Å². The second-order valence-corrected chi connectivity index (χ2v) is 7.83. The van der Waals surface area contributed by atoms with E-state index in [0.29, 0.717) is 12.2 Å². The zero-order valence-corrected chi connectivity index (χ0v) is 12.4. The standard InChI is InChI=1S/C13H20N2OSi/c1-13(2,3)11-6-7-15-12(10(11)8-14)9-16-17(4)5/h6-7,17H,9H2,1-5H3. The molecule has 0 N–H and O–H groups in total. The molecule has 1 aromatic rings. The molecule has 92 valence electrons. The smallest absolute Gasteiger partial charge is 0.171 e. The molecule has 3 nitrogen and oxygen atoms in total. The number of rotatable bonds is 3. The summed E-state index contributed by atoms with van der Waals surface area (Å²) in [6, 6.07) is 4.19. The van der Waals surface area contributed by atoms with Crippen molar-refractivity contribution in [1.82, 2.24) is 4.98 Å². The van der Waals surface area contributed by atoms with E-state index in [0.717, 1.165) is 11.3 Å². The van der Waals surface area contributed by atoms with Gasteiger partial charge in [0.25, 0.3) is 0 Å². The Morgan fingerprint density at radius 1 is 1.41 bits per heavy atom. The third-order valence-corrected chi connectivity index (χ3v) is 3.34. The highest BCUT2D eigenvalue weighted by Gasteiger charge is 2.20. The number of nitrogens with zero attached hydrogens (tertiary/aromatic N) is 2. The first-order valence-electron chi connectivity index (χ1n) is 5.86. The number of hydrogen-bond donors (Lipinski definition) is 0. The Morgan fingerprint density at radius 3 is 2.53 bits per heavy atom. The largest absolute Gasteiger partial charge is 0.415 e. The minimum Gasteiger partial charge on any atom is -0.415 e. The van der Waals surface area contributed by atoms with E-state index in [2.05, 4.69) is 44.9 Å². The normalized spacial score (nSPS) is 11.6. The highest BCUT2D eigenvalue weighted by Crippen LogP contribution is 2.26. The molecule has 0 aliphatic rings. The van der Waals surface area contributed by atoms with Crippen LogP contribution in [0.5, 0.6) is 0 Å². The maximum Gasteiger partial charge on any atom is 0.171 e. The van der Waals surface area contributed by atoms with E-state index in [-0.39, 0.29) is 5.41 Å². The van der Waals surface area contributed by atoms with Crippen molar-refractivity contribution in [1.29, 1.82) is 5.26 Å². The van der Waals surface area contributed by atoms with Gasteiger partial charge in [0, 0.05) is 6.20 Å². The Morgan fingerprint density at radius 2 is 2.06 bits per heavy atom. The second kappa shape index (κ2) is 5.43. The molecule has 0 saturated carbocycles. The third kappa shape index (κ3) is 3.65. The summed E-state index contributed by atoms with van der Waals surface area (Å²) >= 11 is 0. The van der Waals surface area contributed by atoms with Gasteiger partial charge in [-0.25, -0.2) is 0 Å². The minimum atomic E-state index is -1.08. The molecular weight excluding hydrogens is 228 g/mol. The Labute approximate surface area is 105 Å². The van der Waals surface area contributed by atoms with E-state index in [1.165, 1.54) is 0 Å². The first-order valence-corrected chi connectivity index (χ1v) is 8.64. The molecule has 17 heavy (non-hydrogen) atoms. The Bertz CT molecular complexity index is 430. The Hall–Kier alpha value is -1.18. The topological polar surface area (TPSA) is 45.9 Å². The van der Waals surface area contributed by atoms with Crippen LogP contribution in [0.2, 0.25) is 13.1 Å². The summed E-state index contributed by atoms with van der Waals surface area (Å²) in [5, 5.41) is 9.29. The van der Waals surface area contributed by atoms with Gasteiger partial charge in [-0.05, 0) is 30.1 Å². The number of hydrogen-bond acceptors (Lipinski definition) is 3. The lowest BCUT2D eigenvalue weighted by atomic mass is 9.84. The zero-order chi connectivity index (χ0) is 13.1. The molecule has 0 unspecified atom stereocenters. The van der Waals surface area contributed by atoms with Crippen LogP contribution in [-0.4, -0.2) is 14.0 Å². The summed E-state index contributed by atoms with van der Waals surface area (Å²) in [7, 11) is -1.08. The summed E-state index contributed by atoms with van der Waals surface area (Å²) in [5.74, 6) is 0. The Balaban J connectivity index is 3.12. The van der Waals surface area contributed by atoms with Gasteiger partial charge in [-0.1, -0.05) is 20.8 Å². The van der Waals surface area contributed by atoms with Crippen LogP contribution in [0.1, 0.15) is 37.6 Å². The van der Waals surface area contributed by atoms with Crippen molar-refractivity contribution in [3.05, 3.63) is 29.1 Å². The molecule has 0 atom stereocenters. The molecular formula is C13H20N2OSi. The van der Waals surface area contributed by atoms with Crippen molar-refractivity contribution >= 4 is 9.04 Å². The predicted molar refractivity (Wildman–Crippen MR) is 71.3 cm³/mol. The quantitative estimate of drug-likeness (QED) is 0.773. The molecule has 4 heteroatoms. The Kier molecular flexibility index (Phi) is 4.44. The maximum absolute atomic E-state index is 9.29. The van der Waals surface area contributed by atoms with Crippen molar-refractivity contribution in [2.45, 2.75) is 45.9 Å². The molecule has 1 aromatic heterocycles. The third-order valence-electron chi connectivity index (χ3n) is 2.50. The van der Waals surface area contributed by atoms with Crippen LogP contribution in [0.3, 0.4) is 0 Å². The molecule has 0 aromatic carbocycles. The van der Waals surface area contributed by atoms with Crippen molar-refractivity contribution in [2.75, 3.05) is 0 Å². The molecule has 1 heterocycles. The lowest BCUT2D eigenvalue weighted by Gasteiger charge is -2.21.